The molecule has 4 nitrogen and oxygen atoms in total. The molecule has 1 heterocycles. The molecule has 1 unspecified atom stereocenters. The van der Waals surface area contributed by atoms with E-state index in [0.29, 0.717) is 24.3 Å². The highest BCUT2D eigenvalue weighted by Gasteiger charge is 2.19. The molecule has 0 aromatic heterocycles. The minimum Gasteiger partial charge on any atom is -0.492 e. The number of hydrogen-bond acceptors (Lipinski definition) is 3. The zero-order chi connectivity index (χ0) is 14.5. The summed E-state index contributed by atoms with van der Waals surface area (Å²) in [7, 11) is 0. The predicted octanol–water partition coefficient (Wildman–Crippen LogP) is 2.22. The number of aromatic carboxylic acids is 1. The fraction of sp³-hybridized carbons (Fsp3) is 0.438. The van der Waals surface area contributed by atoms with Gasteiger partial charge in [0.1, 0.15) is 11.3 Å². The third kappa shape index (κ3) is 3.52. The number of hydrogen-bond donors (Lipinski definition) is 2. The Kier molecular flexibility index (Phi) is 4.65. The van der Waals surface area contributed by atoms with Crippen LogP contribution in [0.5, 0.6) is 5.75 Å². The summed E-state index contributed by atoms with van der Waals surface area (Å²) in [4.78, 5) is 11.4. The first-order valence-corrected chi connectivity index (χ1v) is 6.78. The van der Waals surface area contributed by atoms with Gasteiger partial charge in [-0.15, -0.1) is 0 Å². The lowest BCUT2D eigenvalue weighted by Crippen LogP contribution is -2.05. The van der Waals surface area contributed by atoms with E-state index in [-0.39, 0.29) is 5.56 Å². The number of carboxylic acids is 1. The normalized spacial score (nSPS) is 15.1. The van der Waals surface area contributed by atoms with Crippen molar-refractivity contribution in [2.24, 2.45) is 0 Å². The Labute approximate surface area is 118 Å². The summed E-state index contributed by atoms with van der Waals surface area (Å²) < 4.78 is 5.57. The number of benzene rings is 1. The molecule has 1 atom stereocenters. The van der Waals surface area contributed by atoms with Gasteiger partial charge < -0.3 is 14.9 Å². The van der Waals surface area contributed by atoms with E-state index in [1.54, 1.807) is 13.0 Å². The number of aryl methyl sites for hydroxylation is 1. The maximum absolute atomic E-state index is 11.4. The van der Waals surface area contributed by atoms with Gasteiger partial charge in [0.2, 0.25) is 0 Å². The van der Waals surface area contributed by atoms with Gasteiger partial charge in [0.05, 0.1) is 12.7 Å². The molecule has 4 heteroatoms. The monoisotopic (exact) mass is 274 g/mol. The van der Waals surface area contributed by atoms with Gasteiger partial charge in [-0.05, 0) is 43.9 Å². The van der Waals surface area contributed by atoms with Gasteiger partial charge in [-0.3, -0.25) is 0 Å². The van der Waals surface area contributed by atoms with E-state index in [2.05, 4.69) is 11.8 Å². The molecule has 0 fully saturated rings. The lowest BCUT2D eigenvalue weighted by atomic mass is 10.0. The fourth-order valence-electron chi connectivity index (χ4n) is 2.17. The summed E-state index contributed by atoms with van der Waals surface area (Å²) in [6, 6.07) is 3.43. The Morgan fingerprint density at radius 3 is 2.95 bits per heavy atom. The van der Waals surface area contributed by atoms with Gasteiger partial charge in [-0.2, -0.15) is 0 Å². The summed E-state index contributed by atoms with van der Waals surface area (Å²) in [5.74, 6) is 5.25. The quantitative estimate of drug-likeness (QED) is 0.812. The average Bonchev–Trinajstić information content (AvgIpc) is 2.62. The molecule has 0 saturated heterocycles. The molecule has 106 valence electrons. The number of carbonyl (C=O) groups is 1. The molecule has 0 bridgehead atoms. The van der Waals surface area contributed by atoms with Crippen LogP contribution in [-0.4, -0.2) is 28.9 Å². The van der Waals surface area contributed by atoms with Crippen LogP contribution in [0.4, 0.5) is 0 Å². The minimum absolute atomic E-state index is 0.172. The summed E-state index contributed by atoms with van der Waals surface area (Å²) in [6.45, 7) is 2.22. The van der Waals surface area contributed by atoms with Crippen molar-refractivity contribution in [3.8, 4) is 17.6 Å². The first kappa shape index (κ1) is 14.4. The van der Waals surface area contributed by atoms with Gasteiger partial charge in [-0.25, -0.2) is 4.79 Å². The molecular weight excluding hydrogens is 256 g/mol. The summed E-state index contributed by atoms with van der Waals surface area (Å²) >= 11 is 0. The largest absolute Gasteiger partial charge is 0.492 e. The maximum atomic E-state index is 11.4. The molecule has 0 amide bonds. The van der Waals surface area contributed by atoms with Crippen LogP contribution in [0.2, 0.25) is 0 Å². The molecule has 20 heavy (non-hydrogen) atoms. The third-order valence-corrected chi connectivity index (χ3v) is 3.11. The second-order valence-electron chi connectivity index (χ2n) is 4.98. The van der Waals surface area contributed by atoms with Crippen molar-refractivity contribution in [2.45, 2.75) is 38.7 Å². The molecule has 2 N–H and O–H groups in total. The van der Waals surface area contributed by atoms with E-state index >= 15 is 0 Å². The van der Waals surface area contributed by atoms with Crippen LogP contribution in [0.1, 0.15) is 47.7 Å². The topological polar surface area (TPSA) is 66.8 Å². The van der Waals surface area contributed by atoms with E-state index in [0.717, 1.165) is 24.8 Å². The molecule has 2 rings (SSSR count). The van der Waals surface area contributed by atoms with Crippen LogP contribution in [0.15, 0.2) is 12.1 Å². The highest BCUT2D eigenvalue weighted by Crippen LogP contribution is 2.30. The predicted molar refractivity (Wildman–Crippen MR) is 75.0 cm³/mol. The molecular formula is C16H18O4. The Morgan fingerprint density at radius 1 is 1.45 bits per heavy atom. The third-order valence-electron chi connectivity index (χ3n) is 3.11. The smallest absolute Gasteiger partial charge is 0.339 e. The van der Waals surface area contributed by atoms with Crippen molar-refractivity contribution < 1.29 is 19.7 Å². The van der Waals surface area contributed by atoms with Crippen molar-refractivity contribution in [3.05, 3.63) is 28.8 Å². The number of carboxylic acid groups (broad SMARTS) is 1. The molecule has 1 aliphatic heterocycles. The molecule has 1 aliphatic rings. The number of ether oxygens (including phenoxy) is 1. The number of fused-ring (bicyclic) bond motifs is 1. The summed E-state index contributed by atoms with van der Waals surface area (Å²) in [5.41, 5.74) is 1.74. The summed E-state index contributed by atoms with van der Waals surface area (Å²) in [6.07, 6.45) is 2.61. The zero-order valence-electron chi connectivity index (χ0n) is 11.5. The second-order valence-corrected chi connectivity index (χ2v) is 4.98. The number of aliphatic hydroxyl groups excluding tert-OH is 1. The fourth-order valence-corrected chi connectivity index (χ4v) is 2.17. The van der Waals surface area contributed by atoms with Crippen LogP contribution in [0.25, 0.3) is 0 Å². The average molecular weight is 274 g/mol. The van der Waals surface area contributed by atoms with E-state index in [1.807, 2.05) is 6.07 Å². The van der Waals surface area contributed by atoms with Gasteiger partial charge >= 0.3 is 5.97 Å². The molecule has 0 radical (unpaired) electrons. The van der Waals surface area contributed by atoms with Crippen LogP contribution >= 0.6 is 0 Å². The lowest BCUT2D eigenvalue weighted by molar-refractivity contribution is 0.0692. The number of aliphatic hydroxyl groups is 1. The summed E-state index contributed by atoms with van der Waals surface area (Å²) in [5, 5.41) is 18.5. The highest BCUT2D eigenvalue weighted by atomic mass is 16.5. The highest BCUT2D eigenvalue weighted by molar-refractivity contribution is 5.92. The Balaban J connectivity index is 2.39. The van der Waals surface area contributed by atoms with Crippen LogP contribution in [-0.2, 0) is 6.42 Å². The Bertz CT molecular complexity index is 564. The van der Waals surface area contributed by atoms with Gasteiger partial charge in [0.15, 0.2) is 0 Å². The van der Waals surface area contributed by atoms with Crippen LogP contribution < -0.4 is 4.74 Å². The van der Waals surface area contributed by atoms with Crippen molar-refractivity contribution in [1.82, 2.24) is 0 Å². The maximum Gasteiger partial charge on any atom is 0.339 e. The van der Waals surface area contributed by atoms with Gasteiger partial charge in [-0.1, -0.05) is 11.8 Å². The van der Waals surface area contributed by atoms with Crippen molar-refractivity contribution in [2.75, 3.05) is 6.61 Å². The van der Waals surface area contributed by atoms with E-state index in [9.17, 15) is 15.0 Å². The SMILES string of the molecule is CC(O)CC#Cc1cc2c(c(C(=O)O)c1)OCCCC2. The second kappa shape index (κ2) is 6.44. The van der Waals surface area contributed by atoms with E-state index in [4.69, 9.17) is 4.74 Å². The molecule has 0 saturated carbocycles. The Morgan fingerprint density at radius 2 is 2.25 bits per heavy atom. The zero-order valence-corrected chi connectivity index (χ0v) is 11.5. The minimum atomic E-state index is -0.998. The van der Waals surface area contributed by atoms with Crippen molar-refractivity contribution >= 4 is 5.97 Å². The molecule has 1 aromatic rings. The first-order chi connectivity index (χ1) is 9.58. The van der Waals surface area contributed by atoms with Crippen LogP contribution in [0.3, 0.4) is 0 Å². The van der Waals surface area contributed by atoms with Crippen molar-refractivity contribution in [3.63, 3.8) is 0 Å². The molecule has 0 spiro atoms. The lowest BCUT2D eigenvalue weighted by Gasteiger charge is -2.11. The number of rotatable bonds is 2. The van der Waals surface area contributed by atoms with Gasteiger partial charge in [0.25, 0.3) is 0 Å². The van der Waals surface area contributed by atoms with E-state index < -0.39 is 12.1 Å². The van der Waals surface area contributed by atoms with Gasteiger partial charge in [0, 0.05) is 12.0 Å². The van der Waals surface area contributed by atoms with Crippen LogP contribution in [0, 0.1) is 11.8 Å². The van der Waals surface area contributed by atoms with Crippen molar-refractivity contribution in [1.29, 1.82) is 0 Å². The van der Waals surface area contributed by atoms with E-state index in [1.165, 1.54) is 0 Å². The molecule has 1 aromatic carbocycles. The molecule has 0 aliphatic carbocycles. The Hall–Kier alpha value is -1.99. The first-order valence-electron chi connectivity index (χ1n) is 6.78. The standard InChI is InChI=1S/C16H18O4/c1-11(17)5-4-6-12-9-13-7-2-3-8-20-15(13)14(10-12)16(18)19/h9-11,17H,2-3,5,7-8H2,1H3,(H,18,19).